The molecule has 0 fully saturated rings. The number of aryl methyl sites for hydroxylation is 1. The Labute approximate surface area is 149 Å². The van der Waals surface area contributed by atoms with Gasteiger partial charge in [-0.15, -0.1) is 0 Å². The van der Waals surface area contributed by atoms with E-state index in [0.717, 1.165) is 24.0 Å². The molecule has 3 nitrogen and oxygen atoms in total. The molecule has 1 atom stereocenters. The average Bonchev–Trinajstić information content (AvgIpc) is 2.61. The first-order valence-electron chi connectivity index (χ1n) is 8.79. The second kappa shape index (κ2) is 8.13. The monoisotopic (exact) mass is 336 g/mol. The highest BCUT2D eigenvalue weighted by Crippen LogP contribution is 2.34. The Morgan fingerprint density at radius 1 is 1.12 bits per heavy atom. The number of benzene rings is 2. The quantitative estimate of drug-likeness (QED) is 0.597. The molecule has 1 aliphatic rings. The van der Waals surface area contributed by atoms with Gasteiger partial charge in [-0.3, -0.25) is 0 Å². The maximum absolute atomic E-state index is 12.0. The summed E-state index contributed by atoms with van der Waals surface area (Å²) in [6.45, 7) is 4.88. The third kappa shape index (κ3) is 4.37. The van der Waals surface area contributed by atoms with E-state index < -0.39 is 0 Å². The normalized spacial score (nSPS) is 18.0. The smallest absolute Gasteiger partial charge is 0.331 e. The maximum atomic E-state index is 12.0. The fourth-order valence-electron chi connectivity index (χ4n) is 3.39. The van der Waals surface area contributed by atoms with Crippen molar-refractivity contribution in [3.05, 3.63) is 76.9 Å². The third-order valence-electron chi connectivity index (χ3n) is 4.48. The van der Waals surface area contributed by atoms with Crippen molar-refractivity contribution in [3.8, 4) is 0 Å². The van der Waals surface area contributed by atoms with E-state index in [0.29, 0.717) is 13.2 Å². The summed E-state index contributed by atoms with van der Waals surface area (Å²) >= 11 is 0. The Morgan fingerprint density at radius 2 is 1.92 bits per heavy atom. The highest BCUT2D eigenvalue weighted by Gasteiger charge is 2.25. The zero-order valence-electron chi connectivity index (χ0n) is 14.8. The SMILES string of the molecule is CCOC(=O)/C=C1\CC(OCc2ccccc2)Cc2cccc(C)c21. The molecule has 0 amide bonds. The molecule has 25 heavy (non-hydrogen) atoms. The minimum atomic E-state index is -0.282. The van der Waals surface area contributed by atoms with Crippen molar-refractivity contribution in [1.29, 1.82) is 0 Å². The summed E-state index contributed by atoms with van der Waals surface area (Å²) in [6.07, 6.45) is 3.29. The Morgan fingerprint density at radius 3 is 2.68 bits per heavy atom. The summed E-state index contributed by atoms with van der Waals surface area (Å²) < 4.78 is 11.3. The van der Waals surface area contributed by atoms with Gasteiger partial charge in [0, 0.05) is 6.08 Å². The molecule has 0 spiro atoms. The first kappa shape index (κ1) is 17.4. The largest absolute Gasteiger partial charge is 0.463 e. The fraction of sp³-hybridized carbons (Fsp3) is 0.318. The molecule has 3 heteroatoms. The summed E-state index contributed by atoms with van der Waals surface area (Å²) in [4.78, 5) is 12.0. The summed E-state index contributed by atoms with van der Waals surface area (Å²) in [5, 5.41) is 0. The summed E-state index contributed by atoms with van der Waals surface area (Å²) in [6, 6.07) is 16.4. The molecule has 2 aromatic rings. The minimum absolute atomic E-state index is 0.0650. The lowest BCUT2D eigenvalue weighted by Gasteiger charge is -2.28. The molecule has 0 saturated heterocycles. The van der Waals surface area contributed by atoms with Crippen LogP contribution in [-0.4, -0.2) is 18.7 Å². The number of esters is 1. The van der Waals surface area contributed by atoms with E-state index in [1.54, 1.807) is 6.08 Å². The van der Waals surface area contributed by atoms with Crippen molar-refractivity contribution in [2.45, 2.75) is 39.4 Å². The van der Waals surface area contributed by atoms with E-state index in [4.69, 9.17) is 9.47 Å². The highest BCUT2D eigenvalue weighted by atomic mass is 16.5. The van der Waals surface area contributed by atoms with Crippen molar-refractivity contribution >= 4 is 11.5 Å². The van der Waals surface area contributed by atoms with Gasteiger partial charge in [-0.1, -0.05) is 48.5 Å². The molecule has 2 aromatic carbocycles. The van der Waals surface area contributed by atoms with E-state index in [1.807, 2.05) is 25.1 Å². The number of ether oxygens (including phenoxy) is 2. The molecular formula is C22H24O3. The maximum Gasteiger partial charge on any atom is 0.331 e. The molecule has 1 unspecified atom stereocenters. The van der Waals surface area contributed by atoms with Crippen LogP contribution in [0.1, 0.15) is 35.6 Å². The van der Waals surface area contributed by atoms with Gasteiger partial charge < -0.3 is 9.47 Å². The average molecular weight is 336 g/mol. The van der Waals surface area contributed by atoms with Crippen molar-refractivity contribution in [2.75, 3.05) is 6.61 Å². The predicted molar refractivity (Wildman–Crippen MR) is 99.1 cm³/mol. The van der Waals surface area contributed by atoms with Crippen molar-refractivity contribution in [1.82, 2.24) is 0 Å². The van der Waals surface area contributed by atoms with E-state index in [9.17, 15) is 4.79 Å². The topological polar surface area (TPSA) is 35.5 Å². The minimum Gasteiger partial charge on any atom is -0.463 e. The standard InChI is InChI=1S/C22H24O3/c1-3-24-21(23)14-19-13-20(25-15-17-9-5-4-6-10-17)12-18-11-7-8-16(2)22(18)19/h4-11,14,20H,3,12-13,15H2,1-2H3/b19-14+. The molecule has 0 aliphatic heterocycles. The lowest BCUT2D eigenvalue weighted by molar-refractivity contribution is -0.137. The van der Waals surface area contributed by atoms with Gasteiger partial charge in [0.2, 0.25) is 0 Å². The Balaban J connectivity index is 1.81. The second-order valence-corrected chi connectivity index (χ2v) is 6.36. The molecular weight excluding hydrogens is 312 g/mol. The molecule has 0 N–H and O–H groups in total. The van der Waals surface area contributed by atoms with Crippen LogP contribution in [0.5, 0.6) is 0 Å². The van der Waals surface area contributed by atoms with Gasteiger partial charge in [0.15, 0.2) is 0 Å². The second-order valence-electron chi connectivity index (χ2n) is 6.36. The van der Waals surface area contributed by atoms with Crippen molar-refractivity contribution in [2.24, 2.45) is 0 Å². The van der Waals surface area contributed by atoms with E-state index in [2.05, 4.69) is 37.3 Å². The van der Waals surface area contributed by atoms with E-state index >= 15 is 0 Å². The predicted octanol–water partition coefficient (Wildman–Crippen LogP) is 4.47. The van der Waals surface area contributed by atoms with Gasteiger partial charge >= 0.3 is 5.97 Å². The molecule has 0 saturated carbocycles. The zero-order valence-corrected chi connectivity index (χ0v) is 14.8. The number of fused-ring (bicyclic) bond motifs is 1. The first-order valence-corrected chi connectivity index (χ1v) is 8.79. The van der Waals surface area contributed by atoms with Crippen LogP contribution in [0.4, 0.5) is 0 Å². The number of carbonyl (C=O) groups excluding carboxylic acids is 1. The summed E-state index contributed by atoms with van der Waals surface area (Å²) in [5.41, 5.74) is 5.77. The van der Waals surface area contributed by atoms with Crippen LogP contribution in [-0.2, 0) is 27.3 Å². The lowest BCUT2D eigenvalue weighted by Crippen LogP contribution is -2.23. The highest BCUT2D eigenvalue weighted by molar-refractivity contribution is 5.92. The van der Waals surface area contributed by atoms with Crippen LogP contribution in [0, 0.1) is 6.92 Å². The summed E-state index contributed by atoms with van der Waals surface area (Å²) in [7, 11) is 0. The zero-order chi connectivity index (χ0) is 17.6. The molecule has 0 aromatic heterocycles. The van der Waals surface area contributed by atoms with Crippen LogP contribution in [0.25, 0.3) is 5.57 Å². The van der Waals surface area contributed by atoms with Crippen LogP contribution >= 0.6 is 0 Å². The van der Waals surface area contributed by atoms with Crippen LogP contribution in [0.2, 0.25) is 0 Å². The molecule has 130 valence electrons. The van der Waals surface area contributed by atoms with Crippen molar-refractivity contribution < 1.29 is 14.3 Å². The van der Waals surface area contributed by atoms with Crippen LogP contribution < -0.4 is 0 Å². The van der Waals surface area contributed by atoms with Gasteiger partial charge in [-0.05, 0) is 54.5 Å². The third-order valence-corrected chi connectivity index (χ3v) is 4.48. The van der Waals surface area contributed by atoms with Gasteiger partial charge in [0.05, 0.1) is 19.3 Å². The van der Waals surface area contributed by atoms with Crippen LogP contribution in [0.15, 0.2) is 54.6 Å². The first-order chi connectivity index (χ1) is 12.2. The van der Waals surface area contributed by atoms with Gasteiger partial charge in [-0.2, -0.15) is 0 Å². The number of carbonyl (C=O) groups is 1. The van der Waals surface area contributed by atoms with Gasteiger partial charge in [0.25, 0.3) is 0 Å². The van der Waals surface area contributed by atoms with E-state index in [-0.39, 0.29) is 12.1 Å². The molecule has 0 bridgehead atoms. The van der Waals surface area contributed by atoms with Gasteiger partial charge in [0.1, 0.15) is 0 Å². The number of hydrogen-bond donors (Lipinski definition) is 0. The molecule has 1 aliphatic carbocycles. The van der Waals surface area contributed by atoms with E-state index in [1.165, 1.54) is 16.7 Å². The fourth-order valence-corrected chi connectivity index (χ4v) is 3.39. The molecule has 3 rings (SSSR count). The Hall–Kier alpha value is -2.39. The Kier molecular flexibility index (Phi) is 5.67. The number of hydrogen-bond acceptors (Lipinski definition) is 3. The van der Waals surface area contributed by atoms with Gasteiger partial charge in [-0.25, -0.2) is 4.79 Å². The van der Waals surface area contributed by atoms with Crippen molar-refractivity contribution in [3.63, 3.8) is 0 Å². The molecule has 0 heterocycles. The Bertz CT molecular complexity index is 762. The molecule has 0 radical (unpaired) electrons. The summed E-state index contributed by atoms with van der Waals surface area (Å²) in [5.74, 6) is -0.282. The van der Waals surface area contributed by atoms with Crippen LogP contribution in [0.3, 0.4) is 0 Å². The lowest BCUT2D eigenvalue weighted by atomic mass is 9.83. The number of rotatable bonds is 5.